The maximum atomic E-state index is 12.2. The van der Waals surface area contributed by atoms with E-state index in [0.717, 1.165) is 38.5 Å². The number of amides is 1. The van der Waals surface area contributed by atoms with E-state index in [2.05, 4.69) is 20.4 Å². The topological polar surface area (TPSA) is 56.2 Å². The van der Waals surface area contributed by atoms with Crippen LogP contribution in [0.5, 0.6) is 0 Å². The molecular formula is C20H29NO2. The predicted octanol–water partition coefficient (Wildman–Crippen LogP) is 4.48. The number of hydrogen-bond donors (Lipinski definition) is 1. The van der Waals surface area contributed by atoms with Gasteiger partial charge < -0.3 is 10.2 Å². The zero-order valence-electron chi connectivity index (χ0n) is 14.4. The number of hydrogen-bond acceptors (Lipinski definition) is 2. The highest BCUT2D eigenvalue weighted by molar-refractivity contribution is 5.81. The second kappa shape index (κ2) is 5.85. The number of furan rings is 1. The van der Waals surface area contributed by atoms with E-state index in [0.29, 0.717) is 11.8 Å². The lowest BCUT2D eigenvalue weighted by molar-refractivity contribution is -0.142. The molecule has 0 spiro atoms. The van der Waals surface area contributed by atoms with Crippen molar-refractivity contribution >= 4 is 5.91 Å². The van der Waals surface area contributed by atoms with E-state index in [1.807, 2.05) is 12.3 Å². The van der Waals surface area contributed by atoms with Gasteiger partial charge in [0.1, 0.15) is 0 Å². The minimum Gasteiger partial charge on any atom is -0.472 e. The average molecular weight is 315 g/mol. The second-order valence-corrected chi connectivity index (χ2v) is 8.11. The van der Waals surface area contributed by atoms with Gasteiger partial charge in [0.25, 0.3) is 0 Å². The van der Waals surface area contributed by atoms with E-state index in [9.17, 15) is 4.79 Å². The fraction of sp³-hybridized carbons (Fsp3) is 0.650. The summed E-state index contributed by atoms with van der Waals surface area (Å²) in [6, 6.07) is 2.04. The van der Waals surface area contributed by atoms with Crippen molar-refractivity contribution in [3.05, 3.63) is 36.3 Å². The molecule has 0 bridgehead atoms. The Hall–Kier alpha value is -1.51. The second-order valence-electron chi connectivity index (χ2n) is 8.11. The maximum Gasteiger partial charge on any atom is 0.223 e. The van der Waals surface area contributed by atoms with E-state index in [4.69, 9.17) is 10.2 Å². The van der Waals surface area contributed by atoms with Gasteiger partial charge in [-0.2, -0.15) is 0 Å². The molecule has 3 nitrogen and oxygen atoms in total. The molecule has 2 fully saturated rings. The van der Waals surface area contributed by atoms with Crippen LogP contribution in [-0.2, 0) is 11.2 Å². The quantitative estimate of drug-likeness (QED) is 0.833. The Balaban J connectivity index is 1.86. The maximum absolute atomic E-state index is 12.2. The molecular weight excluding hydrogens is 286 g/mol. The van der Waals surface area contributed by atoms with Gasteiger partial charge in [0.2, 0.25) is 5.91 Å². The largest absolute Gasteiger partial charge is 0.472 e. The minimum atomic E-state index is -0.360. The first-order valence-electron chi connectivity index (χ1n) is 8.86. The van der Waals surface area contributed by atoms with Crippen molar-refractivity contribution in [3.63, 3.8) is 0 Å². The molecule has 3 rings (SSSR count). The molecule has 1 aromatic rings. The number of fused-ring (bicyclic) bond motifs is 1. The van der Waals surface area contributed by atoms with Crippen molar-refractivity contribution in [2.45, 2.75) is 58.8 Å². The average Bonchev–Trinajstić information content (AvgIpc) is 2.99. The molecule has 0 radical (unpaired) electrons. The van der Waals surface area contributed by atoms with Gasteiger partial charge in [0.15, 0.2) is 0 Å². The Morgan fingerprint density at radius 3 is 2.87 bits per heavy atom. The summed E-state index contributed by atoms with van der Waals surface area (Å²) in [4.78, 5) is 12.2. The molecule has 0 aliphatic heterocycles. The van der Waals surface area contributed by atoms with Gasteiger partial charge in [-0.25, -0.2) is 0 Å². The van der Waals surface area contributed by atoms with Gasteiger partial charge >= 0.3 is 0 Å². The molecule has 2 saturated carbocycles. The molecule has 0 saturated heterocycles. The van der Waals surface area contributed by atoms with Crippen LogP contribution in [0.4, 0.5) is 0 Å². The Labute approximate surface area is 139 Å². The zero-order valence-corrected chi connectivity index (χ0v) is 14.4. The number of primary amides is 1. The summed E-state index contributed by atoms with van der Waals surface area (Å²) in [6.07, 6.45) is 10.9. The van der Waals surface area contributed by atoms with Crippen LogP contribution in [0.2, 0.25) is 0 Å². The van der Waals surface area contributed by atoms with Crippen molar-refractivity contribution in [3.8, 4) is 0 Å². The predicted molar refractivity (Wildman–Crippen MR) is 91.6 cm³/mol. The standard InChI is InChI=1S/C20H29NO2/c1-14-5-8-17-19(2,10-4-11-20(17,3)18(21)22)16(14)7-6-15-9-12-23-13-15/h9,12-13,16-17H,1,4-8,10-11H2,2-3H3,(H2,21,22). The van der Waals surface area contributed by atoms with E-state index in [1.165, 1.54) is 17.6 Å². The summed E-state index contributed by atoms with van der Waals surface area (Å²) in [5, 5.41) is 0. The van der Waals surface area contributed by atoms with Crippen LogP contribution in [0.15, 0.2) is 35.2 Å². The van der Waals surface area contributed by atoms with Crippen molar-refractivity contribution in [1.29, 1.82) is 0 Å². The first kappa shape index (κ1) is 16.4. The third-order valence-corrected chi connectivity index (χ3v) is 6.88. The lowest BCUT2D eigenvalue weighted by Gasteiger charge is -2.57. The molecule has 4 unspecified atom stereocenters. The lowest BCUT2D eigenvalue weighted by Crippen LogP contribution is -2.55. The summed E-state index contributed by atoms with van der Waals surface area (Å²) in [5.41, 5.74) is 8.21. The van der Waals surface area contributed by atoms with Crippen LogP contribution in [0, 0.1) is 22.7 Å². The van der Waals surface area contributed by atoms with Crippen molar-refractivity contribution in [2.75, 3.05) is 0 Å². The molecule has 3 heteroatoms. The van der Waals surface area contributed by atoms with Crippen molar-refractivity contribution < 1.29 is 9.21 Å². The number of carbonyl (C=O) groups excluding carboxylic acids is 1. The van der Waals surface area contributed by atoms with Gasteiger partial charge in [0, 0.05) is 5.41 Å². The number of nitrogens with two attached hydrogens (primary N) is 1. The van der Waals surface area contributed by atoms with E-state index >= 15 is 0 Å². The molecule has 1 aromatic heterocycles. The highest BCUT2D eigenvalue weighted by Gasteiger charge is 2.56. The Morgan fingerprint density at radius 1 is 1.43 bits per heavy atom. The molecule has 1 heterocycles. The van der Waals surface area contributed by atoms with Gasteiger partial charge in [-0.1, -0.05) is 32.4 Å². The third kappa shape index (κ3) is 2.64. The van der Waals surface area contributed by atoms with Gasteiger partial charge in [0.05, 0.1) is 12.5 Å². The molecule has 0 aromatic carbocycles. The normalized spacial score (nSPS) is 37.4. The van der Waals surface area contributed by atoms with E-state index in [1.54, 1.807) is 6.26 Å². The summed E-state index contributed by atoms with van der Waals surface area (Å²) in [5.74, 6) is 0.728. The number of aryl methyl sites for hydroxylation is 1. The first-order chi connectivity index (χ1) is 10.9. The SMILES string of the molecule is C=C1CCC2C(C)(C(N)=O)CCCC2(C)C1CCc1ccoc1. The highest BCUT2D eigenvalue weighted by Crippen LogP contribution is 2.61. The van der Waals surface area contributed by atoms with Crippen LogP contribution in [0.1, 0.15) is 57.9 Å². The Bertz CT molecular complexity index is 591. The summed E-state index contributed by atoms with van der Waals surface area (Å²) < 4.78 is 5.19. The summed E-state index contributed by atoms with van der Waals surface area (Å²) in [6.45, 7) is 8.86. The monoisotopic (exact) mass is 315 g/mol. The number of rotatable bonds is 4. The van der Waals surface area contributed by atoms with Gasteiger partial charge in [-0.05, 0) is 67.4 Å². The van der Waals surface area contributed by atoms with Gasteiger partial charge in [-0.3, -0.25) is 4.79 Å². The van der Waals surface area contributed by atoms with Crippen LogP contribution >= 0.6 is 0 Å². The van der Waals surface area contributed by atoms with E-state index in [-0.39, 0.29) is 16.7 Å². The molecule has 23 heavy (non-hydrogen) atoms. The van der Waals surface area contributed by atoms with E-state index < -0.39 is 0 Å². The zero-order chi connectivity index (χ0) is 16.7. The fourth-order valence-corrected chi connectivity index (χ4v) is 5.52. The smallest absolute Gasteiger partial charge is 0.223 e. The van der Waals surface area contributed by atoms with Crippen LogP contribution in [-0.4, -0.2) is 5.91 Å². The number of allylic oxidation sites excluding steroid dienone is 1. The lowest BCUT2D eigenvalue weighted by atomic mass is 9.46. The Kier molecular flexibility index (Phi) is 4.16. The summed E-state index contributed by atoms with van der Waals surface area (Å²) >= 11 is 0. The molecule has 2 N–H and O–H groups in total. The molecule has 4 atom stereocenters. The minimum absolute atomic E-state index is 0.116. The van der Waals surface area contributed by atoms with Crippen molar-refractivity contribution in [1.82, 2.24) is 0 Å². The van der Waals surface area contributed by atoms with Crippen LogP contribution in [0.3, 0.4) is 0 Å². The molecule has 126 valence electrons. The number of carbonyl (C=O) groups is 1. The molecule has 2 aliphatic rings. The fourth-order valence-electron chi connectivity index (χ4n) is 5.52. The van der Waals surface area contributed by atoms with Crippen LogP contribution < -0.4 is 5.73 Å². The van der Waals surface area contributed by atoms with Crippen molar-refractivity contribution in [2.24, 2.45) is 28.4 Å². The molecule has 1 amide bonds. The van der Waals surface area contributed by atoms with Crippen LogP contribution in [0.25, 0.3) is 0 Å². The molecule has 2 aliphatic carbocycles. The Morgan fingerprint density at radius 2 is 2.22 bits per heavy atom. The third-order valence-electron chi connectivity index (χ3n) is 6.88. The highest BCUT2D eigenvalue weighted by atomic mass is 16.3. The summed E-state index contributed by atoms with van der Waals surface area (Å²) in [7, 11) is 0. The van der Waals surface area contributed by atoms with Gasteiger partial charge in [-0.15, -0.1) is 0 Å². The first-order valence-corrected chi connectivity index (χ1v) is 8.86.